The molecule has 0 saturated carbocycles. The van der Waals surface area contributed by atoms with Crippen molar-refractivity contribution in [1.29, 1.82) is 0 Å². The number of amides is 2. The van der Waals surface area contributed by atoms with Crippen LogP contribution in [0, 0.1) is 5.82 Å². The van der Waals surface area contributed by atoms with Crippen LogP contribution in [0.3, 0.4) is 0 Å². The molecule has 154 valence electrons. The number of halogens is 2. The quantitative estimate of drug-likeness (QED) is 0.748. The zero-order chi connectivity index (χ0) is 20.8. The summed E-state index contributed by atoms with van der Waals surface area (Å²) in [5.74, 6) is -0.386. The molecule has 0 spiro atoms. The van der Waals surface area contributed by atoms with Gasteiger partial charge in [-0.3, -0.25) is 9.59 Å². The molecule has 5 nitrogen and oxygen atoms in total. The van der Waals surface area contributed by atoms with E-state index in [4.69, 9.17) is 11.6 Å². The third-order valence-corrected chi connectivity index (χ3v) is 6.17. The van der Waals surface area contributed by atoms with Crippen molar-refractivity contribution in [3.63, 3.8) is 0 Å². The Bertz CT molecular complexity index is 857. The molecule has 2 aromatic carbocycles. The van der Waals surface area contributed by atoms with Crippen LogP contribution in [0.4, 0.5) is 15.8 Å². The monoisotopic (exact) mass is 435 g/mol. The van der Waals surface area contributed by atoms with Crippen LogP contribution in [-0.4, -0.2) is 53.9 Å². The van der Waals surface area contributed by atoms with Crippen molar-refractivity contribution >= 4 is 46.6 Å². The molecule has 1 atom stereocenters. The molecule has 0 aliphatic carbocycles. The van der Waals surface area contributed by atoms with Crippen LogP contribution in [0.1, 0.15) is 6.92 Å². The lowest BCUT2D eigenvalue weighted by Gasteiger charge is -2.37. The number of carbonyl (C=O) groups excluding carboxylic acids is 2. The number of thioether (sulfide) groups is 1. The Morgan fingerprint density at radius 1 is 1.10 bits per heavy atom. The van der Waals surface area contributed by atoms with Gasteiger partial charge in [-0.25, -0.2) is 4.39 Å². The van der Waals surface area contributed by atoms with Gasteiger partial charge in [-0.15, -0.1) is 11.8 Å². The van der Waals surface area contributed by atoms with E-state index in [1.807, 2.05) is 36.1 Å². The third-order valence-electron chi connectivity index (χ3n) is 4.72. The highest BCUT2D eigenvalue weighted by molar-refractivity contribution is 8.01. The first kappa shape index (κ1) is 21.5. The molecular weight excluding hydrogens is 413 g/mol. The maximum Gasteiger partial charge on any atom is 0.235 e. The van der Waals surface area contributed by atoms with Crippen LogP contribution in [-0.2, 0) is 9.59 Å². The molecule has 1 aliphatic heterocycles. The topological polar surface area (TPSA) is 52.7 Å². The van der Waals surface area contributed by atoms with Crippen molar-refractivity contribution < 1.29 is 14.0 Å². The van der Waals surface area contributed by atoms with E-state index < -0.39 is 0 Å². The van der Waals surface area contributed by atoms with Gasteiger partial charge in [-0.2, -0.15) is 0 Å². The smallest absolute Gasteiger partial charge is 0.235 e. The van der Waals surface area contributed by atoms with Crippen molar-refractivity contribution in [2.75, 3.05) is 42.1 Å². The summed E-state index contributed by atoms with van der Waals surface area (Å²) in [7, 11) is 0. The lowest BCUT2D eigenvalue weighted by molar-refractivity contribution is -0.130. The molecule has 2 amide bonds. The molecule has 29 heavy (non-hydrogen) atoms. The van der Waals surface area contributed by atoms with Crippen molar-refractivity contribution in [2.45, 2.75) is 12.2 Å². The standard InChI is InChI=1S/C21H23ClFN3O2S/c1-15(29-14-20(27)24-17-8-6-16(23)7-9-17)21(28)26-12-10-25(11-13-26)19-5-3-2-4-18(19)22/h2-9,15H,10-14H2,1H3,(H,24,27). The van der Waals surface area contributed by atoms with Crippen LogP contribution in [0.15, 0.2) is 48.5 Å². The summed E-state index contributed by atoms with van der Waals surface area (Å²) in [6, 6.07) is 13.3. The minimum Gasteiger partial charge on any atom is -0.367 e. The molecule has 1 unspecified atom stereocenters. The van der Waals surface area contributed by atoms with E-state index in [0.29, 0.717) is 23.8 Å². The van der Waals surface area contributed by atoms with Crippen LogP contribution < -0.4 is 10.2 Å². The number of hydrogen-bond acceptors (Lipinski definition) is 4. The molecule has 2 aromatic rings. The number of anilines is 2. The summed E-state index contributed by atoms with van der Waals surface area (Å²) in [5.41, 5.74) is 1.52. The Morgan fingerprint density at radius 3 is 2.41 bits per heavy atom. The Kier molecular flexibility index (Phi) is 7.39. The summed E-state index contributed by atoms with van der Waals surface area (Å²) in [6.45, 7) is 4.50. The first-order chi connectivity index (χ1) is 13.9. The van der Waals surface area contributed by atoms with Gasteiger partial charge in [0.1, 0.15) is 5.82 Å². The molecule has 1 saturated heterocycles. The second-order valence-corrected chi connectivity index (χ2v) is 8.51. The van der Waals surface area contributed by atoms with Crippen LogP contribution in [0.25, 0.3) is 0 Å². The second-order valence-electron chi connectivity index (χ2n) is 6.77. The molecular formula is C21H23ClFN3O2S. The number of para-hydroxylation sites is 1. The van der Waals surface area contributed by atoms with Gasteiger partial charge in [0.25, 0.3) is 0 Å². The van der Waals surface area contributed by atoms with Crippen molar-refractivity contribution in [3.8, 4) is 0 Å². The first-order valence-corrected chi connectivity index (χ1v) is 10.8. The van der Waals surface area contributed by atoms with E-state index >= 15 is 0 Å². The minimum atomic E-state index is -0.355. The highest BCUT2D eigenvalue weighted by Gasteiger charge is 2.26. The molecule has 1 aliphatic rings. The second kappa shape index (κ2) is 9.98. The van der Waals surface area contributed by atoms with Gasteiger partial charge in [-0.05, 0) is 43.3 Å². The SMILES string of the molecule is CC(SCC(=O)Nc1ccc(F)cc1)C(=O)N1CCN(c2ccccc2Cl)CC1. The molecule has 0 aromatic heterocycles. The lowest BCUT2D eigenvalue weighted by Crippen LogP contribution is -2.50. The van der Waals surface area contributed by atoms with Gasteiger partial charge in [0.15, 0.2) is 0 Å². The fraction of sp³-hybridized carbons (Fsp3) is 0.333. The van der Waals surface area contributed by atoms with Crippen molar-refractivity contribution in [1.82, 2.24) is 4.90 Å². The normalized spacial score (nSPS) is 15.1. The van der Waals surface area contributed by atoms with Crippen molar-refractivity contribution in [2.24, 2.45) is 0 Å². The molecule has 3 rings (SSSR count). The predicted molar refractivity (Wildman–Crippen MR) is 117 cm³/mol. The van der Waals surface area contributed by atoms with Crippen LogP contribution in [0.2, 0.25) is 5.02 Å². The maximum atomic E-state index is 12.9. The minimum absolute atomic E-state index is 0.0309. The van der Waals surface area contributed by atoms with Crippen LogP contribution in [0.5, 0.6) is 0 Å². The Hall–Kier alpha value is -2.25. The highest BCUT2D eigenvalue weighted by atomic mass is 35.5. The van der Waals surface area contributed by atoms with E-state index in [9.17, 15) is 14.0 Å². The van der Waals surface area contributed by atoms with E-state index in [1.54, 1.807) is 0 Å². The lowest BCUT2D eigenvalue weighted by atomic mass is 10.2. The van der Waals surface area contributed by atoms with Gasteiger partial charge in [0, 0.05) is 31.9 Å². The van der Waals surface area contributed by atoms with Crippen molar-refractivity contribution in [3.05, 3.63) is 59.4 Å². The van der Waals surface area contributed by atoms with E-state index in [1.165, 1.54) is 36.0 Å². The average Bonchev–Trinajstić information content (AvgIpc) is 2.73. The number of piperazine rings is 1. The molecule has 1 heterocycles. The van der Waals surface area contributed by atoms with Gasteiger partial charge < -0.3 is 15.1 Å². The first-order valence-electron chi connectivity index (χ1n) is 9.39. The van der Waals surface area contributed by atoms with Gasteiger partial charge in [-0.1, -0.05) is 23.7 Å². The van der Waals surface area contributed by atoms with Gasteiger partial charge in [0.2, 0.25) is 11.8 Å². The molecule has 1 fully saturated rings. The highest BCUT2D eigenvalue weighted by Crippen LogP contribution is 2.26. The summed E-state index contributed by atoms with van der Waals surface area (Å²) in [4.78, 5) is 28.8. The fourth-order valence-corrected chi connectivity index (χ4v) is 4.16. The summed E-state index contributed by atoms with van der Waals surface area (Å²) >= 11 is 7.56. The number of benzene rings is 2. The Balaban J connectivity index is 1.44. The maximum absolute atomic E-state index is 12.9. The van der Waals surface area contributed by atoms with E-state index in [0.717, 1.165) is 18.8 Å². The number of nitrogens with zero attached hydrogens (tertiary/aromatic N) is 2. The third kappa shape index (κ3) is 5.87. The molecule has 1 N–H and O–H groups in total. The molecule has 0 bridgehead atoms. The summed E-state index contributed by atoms with van der Waals surface area (Å²) in [6.07, 6.45) is 0. The molecule has 8 heteroatoms. The Morgan fingerprint density at radius 2 is 1.76 bits per heavy atom. The Labute approximate surface area is 179 Å². The average molecular weight is 436 g/mol. The van der Waals surface area contributed by atoms with Gasteiger partial charge in [0.05, 0.1) is 21.7 Å². The zero-order valence-corrected chi connectivity index (χ0v) is 17.7. The number of carbonyl (C=O) groups is 2. The number of rotatable bonds is 6. The number of hydrogen-bond donors (Lipinski definition) is 1. The molecule has 0 radical (unpaired) electrons. The largest absolute Gasteiger partial charge is 0.367 e. The van der Waals surface area contributed by atoms with E-state index in [-0.39, 0.29) is 28.6 Å². The van der Waals surface area contributed by atoms with Crippen LogP contribution >= 0.6 is 23.4 Å². The zero-order valence-electron chi connectivity index (χ0n) is 16.1. The fourth-order valence-electron chi connectivity index (χ4n) is 3.14. The summed E-state index contributed by atoms with van der Waals surface area (Å²) in [5, 5.41) is 3.09. The van der Waals surface area contributed by atoms with E-state index in [2.05, 4.69) is 10.2 Å². The summed E-state index contributed by atoms with van der Waals surface area (Å²) < 4.78 is 12.9. The number of nitrogens with one attached hydrogen (secondary N) is 1. The predicted octanol–water partition coefficient (Wildman–Crippen LogP) is 3.89. The van der Waals surface area contributed by atoms with Gasteiger partial charge >= 0.3 is 0 Å².